The van der Waals surface area contributed by atoms with Crippen LogP contribution in [0.5, 0.6) is 0 Å². The van der Waals surface area contributed by atoms with Crippen molar-refractivity contribution in [3.05, 3.63) is 46.0 Å². The molecule has 5 heteroatoms. The first-order valence-corrected chi connectivity index (χ1v) is 6.61. The molecule has 1 aromatic carbocycles. The van der Waals surface area contributed by atoms with E-state index in [0.29, 0.717) is 21.7 Å². The van der Waals surface area contributed by atoms with Crippen molar-refractivity contribution in [2.75, 3.05) is 0 Å². The fraction of sp³-hybridized carbons (Fsp3) is 0.250. The van der Waals surface area contributed by atoms with E-state index in [1.165, 1.54) is 10.7 Å². The van der Waals surface area contributed by atoms with E-state index in [4.69, 9.17) is 11.6 Å². The van der Waals surface area contributed by atoms with E-state index in [9.17, 15) is 4.39 Å². The van der Waals surface area contributed by atoms with Crippen LogP contribution >= 0.6 is 27.5 Å². The average Bonchev–Trinajstić information content (AvgIpc) is 2.57. The van der Waals surface area contributed by atoms with Crippen molar-refractivity contribution in [2.45, 2.75) is 19.2 Å². The number of aromatic nitrogens is 2. The molecule has 0 atom stereocenters. The van der Waals surface area contributed by atoms with E-state index in [0.717, 1.165) is 11.3 Å². The highest BCUT2D eigenvalue weighted by Crippen LogP contribution is 2.24. The summed E-state index contributed by atoms with van der Waals surface area (Å²) in [4.78, 5) is 0. The first-order valence-electron chi connectivity index (χ1n) is 5.11. The van der Waals surface area contributed by atoms with Gasteiger partial charge in [0, 0.05) is 5.33 Å². The van der Waals surface area contributed by atoms with Crippen LogP contribution in [0.2, 0.25) is 5.02 Å². The highest BCUT2D eigenvalue weighted by atomic mass is 79.9. The van der Waals surface area contributed by atoms with Gasteiger partial charge in [-0.2, -0.15) is 5.10 Å². The molecule has 1 aromatic heterocycles. The number of halogens is 3. The second-order valence-corrected chi connectivity index (χ2v) is 4.75. The molecule has 0 amide bonds. The third kappa shape index (κ3) is 2.24. The molecule has 0 unspecified atom stereocenters. The van der Waals surface area contributed by atoms with Crippen LogP contribution in [-0.4, -0.2) is 9.78 Å². The molecule has 0 saturated heterocycles. The maximum absolute atomic E-state index is 13.9. The zero-order valence-electron chi connectivity index (χ0n) is 9.47. The van der Waals surface area contributed by atoms with Crippen molar-refractivity contribution < 1.29 is 4.39 Å². The molecule has 0 bridgehead atoms. The Labute approximate surface area is 113 Å². The smallest absolute Gasteiger partial charge is 0.149 e. The van der Waals surface area contributed by atoms with Gasteiger partial charge >= 0.3 is 0 Å². The molecule has 90 valence electrons. The lowest BCUT2D eigenvalue weighted by molar-refractivity contribution is 0.606. The van der Waals surface area contributed by atoms with Gasteiger partial charge in [0.15, 0.2) is 0 Å². The lowest BCUT2D eigenvalue weighted by atomic mass is 10.2. The van der Waals surface area contributed by atoms with Crippen LogP contribution in [0.25, 0.3) is 5.69 Å². The van der Waals surface area contributed by atoms with Gasteiger partial charge in [0.25, 0.3) is 0 Å². The largest absolute Gasteiger partial charge is 0.233 e. The first kappa shape index (κ1) is 12.6. The van der Waals surface area contributed by atoms with Crippen LogP contribution in [0, 0.1) is 19.7 Å². The molecular weight excluding hydrogens is 307 g/mol. The van der Waals surface area contributed by atoms with Gasteiger partial charge in [-0.25, -0.2) is 9.07 Å². The van der Waals surface area contributed by atoms with Gasteiger partial charge in [0.1, 0.15) is 11.5 Å². The van der Waals surface area contributed by atoms with E-state index >= 15 is 0 Å². The highest BCUT2D eigenvalue weighted by Gasteiger charge is 2.13. The summed E-state index contributed by atoms with van der Waals surface area (Å²) in [5.41, 5.74) is 2.75. The lowest BCUT2D eigenvalue weighted by Crippen LogP contribution is -2.02. The minimum Gasteiger partial charge on any atom is -0.233 e. The quantitative estimate of drug-likeness (QED) is 0.760. The number of nitrogens with zero attached hydrogens (tertiary/aromatic N) is 2. The normalized spacial score (nSPS) is 10.9. The summed E-state index contributed by atoms with van der Waals surface area (Å²) in [5.74, 6) is -0.302. The summed E-state index contributed by atoms with van der Waals surface area (Å²) in [5, 5.41) is 5.43. The number of aryl methyl sites for hydroxylation is 1. The fourth-order valence-corrected chi connectivity index (χ4v) is 2.13. The Morgan fingerprint density at radius 3 is 2.59 bits per heavy atom. The molecule has 2 aromatic rings. The minimum atomic E-state index is -0.302. The van der Waals surface area contributed by atoms with Gasteiger partial charge in [-0.1, -0.05) is 33.6 Å². The number of benzene rings is 1. The van der Waals surface area contributed by atoms with E-state index in [1.807, 2.05) is 13.0 Å². The van der Waals surface area contributed by atoms with Gasteiger partial charge in [-0.3, -0.25) is 0 Å². The Morgan fingerprint density at radius 1 is 1.41 bits per heavy atom. The Balaban J connectivity index is 2.57. The van der Waals surface area contributed by atoms with Crippen molar-refractivity contribution in [3.8, 4) is 5.69 Å². The van der Waals surface area contributed by atoms with E-state index < -0.39 is 0 Å². The Bertz CT molecular complexity index is 566. The molecule has 0 radical (unpaired) electrons. The minimum absolute atomic E-state index is 0.302. The van der Waals surface area contributed by atoms with Crippen LogP contribution in [-0.2, 0) is 5.33 Å². The Hall–Kier alpha value is -0.870. The van der Waals surface area contributed by atoms with Gasteiger partial charge in [0.2, 0.25) is 0 Å². The topological polar surface area (TPSA) is 17.8 Å². The van der Waals surface area contributed by atoms with Gasteiger partial charge in [0.05, 0.1) is 16.4 Å². The summed E-state index contributed by atoms with van der Waals surface area (Å²) in [7, 11) is 0. The molecule has 2 nitrogen and oxygen atoms in total. The first-order chi connectivity index (χ1) is 8.04. The maximum atomic E-state index is 13.9. The summed E-state index contributed by atoms with van der Waals surface area (Å²) < 4.78 is 15.5. The predicted molar refractivity (Wildman–Crippen MR) is 70.6 cm³/mol. The summed E-state index contributed by atoms with van der Waals surface area (Å²) in [6.07, 6.45) is 0. The molecule has 2 rings (SSSR count). The predicted octanol–water partition coefficient (Wildman–Crippen LogP) is 4.18. The lowest BCUT2D eigenvalue weighted by Gasteiger charge is -2.07. The molecule has 1 heterocycles. The SMILES string of the molecule is Cc1nn(-c2ccc(CBr)cc2F)c(C)c1Cl. The van der Waals surface area contributed by atoms with Crippen LogP contribution in [0.4, 0.5) is 4.39 Å². The fourth-order valence-electron chi connectivity index (χ4n) is 1.66. The van der Waals surface area contributed by atoms with Gasteiger partial charge in [-0.05, 0) is 31.5 Å². The van der Waals surface area contributed by atoms with Crippen LogP contribution in [0.1, 0.15) is 17.0 Å². The summed E-state index contributed by atoms with van der Waals surface area (Å²) in [6, 6.07) is 5.06. The summed E-state index contributed by atoms with van der Waals surface area (Å²) >= 11 is 9.34. The van der Waals surface area contributed by atoms with Crippen LogP contribution in [0.3, 0.4) is 0 Å². The van der Waals surface area contributed by atoms with Gasteiger partial charge < -0.3 is 0 Å². The molecule has 0 aliphatic heterocycles. The zero-order valence-corrected chi connectivity index (χ0v) is 11.8. The molecule has 0 N–H and O–H groups in total. The number of rotatable bonds is 2. The standard InChI is InChI=1S/C12H11BrClFN2/c1-7-12(14)8(2)17(16-7)11-4-3-9(6-13)5-10(11)15/h3-5H,6H2,1-2H3. The van der Waals surface area contributed by atoms with Crippen molar-refractivity contribution in [1.82, 2.24) is 9.78 Å². The van der Waals surface area contributed by atoms with E-state index in [2.05, 4.69) is 21.0 Å². The Kier molecular flexibility index (Phi) is 3.54. The average molecular weight is 318 g/mol. The number of alkyl halides is 1. The van der Waals surface area contributed by atoms with Crippen molar-refractivity contribution in [2.24, 2.45) is 0 Å². The monoisotopic (exact) mass is 316 g/mol. The number of hydrogen-bond acceptors (Lipinski definition) is 1. The molecule has 0 saturated carbocycles. The van der Waals surface area contributed by atoms with E-state index in [1.54, 1.807) is 13.0 Å². The molecule has 0 aliphatic carbocycles. The van der Waals surface area contributed by atoms with Crippen molar-refractivity contribution >= 4 is 27.5 Å². The molecule has 0 spiro atoms. The van der Waals surface area contributed by atoms with Crippen molar-refractivity contribution in [3.63, 3.8) is 0 Å². The van der Waals surface area contributed by atoms with Crippen LogP contribution < -0.4 is 0 Å². The van der Waals surface area contributed by atoms with Crippen molar-refractivity contribution in [1.29, 1.82) is 0 Å². The molecule has 0 aliphatic rings. The second-order valence-electron chi connectivity index (χ2n) is 3.82. The second kappa shape index (κ2) is 4.78. The third-order valence-electron chi connectivity index (χ3n) is 2.60. The third-order valence-corrected chi connectivity index (χ3v) is 3.79. The maximum Gasteiger partial charge on any atom is 0.149 e. The zero-order chi connectivity index (χ0) is 12.6. The summed E-state index contributed by atoms with van der Waals surface area (Å²) in [6.45, 7) is 3.62. The Morgan fingerprint density at radius 2 is 2.12 bits per heavy atom. The number of hydrogen-bond donors (Lipinski definition) is 0. The molecule has 17 heavy (non-hydrogen) atoms. The molecule has 0 fully saturated rings. The van der Waals surface area contributed by atoms with Crippen LogP contribution in [0.15, 0.2) is 18.2 Å². The van der Waals surface area contributed by atoms with Gasteiger partial charge in [-0.15, -0.1) is 0 Å². The highest BCUT2D eigenvalue weighted by molar-refractivity contribution is 9.08. The molecular formula is C12H11BrClFN2. The van der Waals surface area contributed by atoms with E-state index in [-0.39, 0.29) is 5.82 Å².